The van der Waals surface area contributed by atoms with Gasteiger partial charge in [-0.15, -0.1) is 0 Å². The smallest absolute Gasteiger partial charge is 0.269 e. The number of aryl methyl sites for hydroxylation is 1. The lowest BCUT2D eigenvalue weighted by atomic mass is 10.2. The van der Waals surface area contributed by atoms with E-state index in [1.807, 2.05) is 19.9 Å². The number of nitrogens with zero attached hydrogens (tertiary/aromatic N) is 1. The summed E-state index contributed by atoms with van der Waals surface area (Å²) in [7, 11) is 0. The van der Waals surface area contributed by atoms with Crippen LogP contribution in [-0.4, -0.2) is 17.4 Å². The molecule has 3 heteroatoms. The van der Waals surface area contributed by atoms with Crippen molar-refractivity contribution in [1.82, 2.24) is 10.3 Å². The van der Waals surface area contributed by atoms with Gasteiger partial charge in [0.1, 0.15) is 5.69 Å². The van der Waals surface area contributed by atoms with Crippen LogP contribution >= 0.6 is 0 Å². The molecule has 0 aliphatic heterocycles. The largest absolute Gasteiger partial charge is 0.351 e. The second kappa shape index (κ2) is 3.85. The van der Waals surface area contributed by atoms with E-state index in [1.165, 1.54) is 0 Å². The van der Waals surface area contributed by atoms with E-state index < -0.39 is 0 Å². The molecule has 1 heterocycles. The van der Waals surface area contributed by atoms with E-state index in [4.69, 9.17) is 0 Å². The monoisotopic (exact) mass is 166 g/mol. The summed E-state index contributed by atoms with van der Waals surface area (Å²) in [6.07, 6.45) is 1.69. The number of carbonyl (C=O) groups excluding carboxylic acids is 1. The third kappa shape index (κ3) is 2.05. The van der Waals surface area contributed by atoms with Crippen LogP contribution in [0.4, 0.5) is 0 Å². The molecule has 0 fully saturated rings. The van der Waals surface area contributed by atoms with E-state index in [9.17, 15) is 4.79 Å². The summed E-state index contributed by atoms with van der Waals surface area (Å²) in [5.74, 6) is -0.113. The minimum absolute atomic E-state index is 0. The van der Waals surface area contributed by atoms with Gasteiger partial charge in [0.25, 0.3) is 5.91 Å². The van der Waals surface area contributed by atoms with Gasteiger partial charge in [-0.1, -0.05) is 6.07 Å². The summed E-state index contributed by atoms with van der Waals surface area (Å²) in [4.78, 5) is 15.2. The van der Waals surface area contributed by atoms with E-state index in [1.54, 1.807) is 12.3 Å². The van der Waals surface area contributed by atoms with Crippen LogP contribution in [0.3, 0.4) is 0 Å². The van der Waals surface area contributed by atoms with E-state index in [2.05, 4.69) is 10.3 Å². The van der Waals surface area contributed by atoms with Gasteiger partial charge in [0.05, 0.1) is 0 Å². The normalized spacial score (nSPS) is 9.50. The standard InChI is InChI=1S/C9H12N2O.H2/c1-3-10-9(12)8-5-4-7(2)6-11-8;/h4-6H,3H2,1-2H3,(H,10,12);1H. The Hall–Kier alpha value is -1.38. The quantitative estimate of drug-likeness (QED) is 0.721. The van der Waals surface area contributed by atoms with Crippen LogP contribution < -0.4 is 5.32 Å². The molecule has 0 atom stereocenters. The average molecular weight is 166 g/mol. The highest BCUT2D eigenvalue weighted by atomic mass is 16.1. The van der Waals surface area contributed by atoms with Crippen molar-refractivity contribution in [3.63, 3.8) is 0 Å². The van der Waals surface area contributed by atoms with Gasteiger partial charge in [-0.05, 0) is 25.5 Å². The van der Waals surface area contributed by atoms with E-state index in [0.29, 0.717) is 12.2 Å². The Bertz CT molecular complexity index is 271. The summed E-state index contributed by atoms with van der Waals surface area (Å²) < 4.78 is 0. The molecule has 66 valence electrons. The molecule has 1 rings (SSSR count). The predicted octanol–water partition coefficient (Wildman–Crippen LogP) is 1.39. The minimum atomic E-state index is -0.113. The van der Waals surface area contributed by atoms with Crippen molar-refractivity contribution in [1.29, 1.82) is 0 Å². The number of amides is 1. The summed E-state index contributed by atoms with van der Waals surface area (Å²) in [5.41, 5.74) is 1.53. The van der Waals surface area contributed by atoms with Crippen LogP contribution in [0.5, 0.6) is 0 Å². The highest BCUT2D eigenvalue weighted by Crippen LogP contribution is 1.97. The highest BCUT2D eigenvalue weighted by molar-refractivity contribution is 5.92. The van der Waals surface area contributed by atoms with E-state index in [-0.39, 0.29) is 7.33 Å². The molecule has 0 bridgehead atoms. The van der Waals surface area contributed by atoms with Gasteiger partial charge in [0.2, 0.25) is 0 Å². The van der Waals surface area contributed by atoms with Crippen molar-refractivity contribution in [2.45, 2.75) is 13.8 Å². The van der Waals surface area contributed by atoms with Crippen molar-refractivity contribution in [3.05, 3.63) is 29.6 Å². The SMILES string of the molecule is CCNC(=O)c1ccc(C)cn1.[HH]. The average Bonchev–Trinajstić information content (AvgIpc) is 2.06. The Morgan fingerprint density at radius 3 is 2.92 bits per heavy atom. The number of nitrogens with one attached hydrogen (secondary N) is 1. The maximum Gasteiger partial charge on any atom is 0.269 e. The molecule has 0 aliphatic carbocycles. The highest BCUT2D eigenvalue weighted by Gasteiger charge is 2.03. The van der Waals surface area contributed by atoms with Crippen molar-refractivity contribution < 1.29 is 6.22 Å². The first kappa shape index (κ1) is 8.71. The Labute approximate surface area is 73.3 Å². The molecule has 1 N–H and O–H groups in total. The van der Waals surface area contributed by atoms with Crippen molar-refractivity contribution >= 4 is 5.91 Å². The minimum Gasteiger partial charge on any atom is -0.351 e. The van der Waals surface area contributed by atoms with Gasteiger partial charge in [-0.2, -0.15) is 0 Å². The van der Waals surface area contributed by atoms with Crippen molar-refractivity contribution in [2.24, 2.45) is 0 Å². The van der Waals surface area contributed by atoms with Gasteiger partial charge in [0, 0.05) is 14.2 Å². The number of hydrogen-bond donors (Lipinski definition) is 1. The second-order valence-corrected chi connectivity index (χ2v) is 2.58. The molecule has 0 spiro atoms. The summed E-state index contributed by atoms with van der Waals surface area (Å²) >= 11 is 0. The Balaban J connectivity index is 0.00000144. The third-order valence-corrected chi connectivity index (χ3v) is 1.48. The maximum atomic E-state index is 11.2. The fourth-order valence-corrected chi connectivity index (χ4v) is 0.853. The Kier molecular flexibility index (Phi) is 2.80. The molecule has 3 nitrogen and oxygen atoms in total. The molecule has 0 aliphatic rings. The summed E-state index contributed by atoms with van der Waals surface area (Å²) in [6.45, 7) is 4.45. The van der Waals surface area contributed by atoms with Crippen LogP contribution in [0.25, 0.3) is 0 Å². The van der Waals surface area contributed by atoms with Gasteiger partial charge in [0.15, 0.2) is 0 Å². The van der Waals surface area contributed by atoms with E-state index in [0.717, 1.165) is 5.56 Å². The number of pyridine rings is 1. The van der Waals surface area contributed by atoms with Crippen LogP contribution in [-0.2, 0) is 0 Å². The second-order valence-electron chi connectivity index (χ2n) is 2.58. The zero-order valence-corrected chi connectivity index (χ0v) is 7.29. The van der Waals surface area contributed by atoms with Crippen LogP contribution in [0.2, 0.25) is 0 Å². The zero-order chi connectivity index (χ0) is 8.97. The molecule has 0 radical (unpaired) electrons. The lowest BCUT2D eigenvalue weighted by Crippen LogP contribution is -2.23. The summed E-state index contributed by atoms with van der Waals surface area (Å²) in [6, 6.07) is 3.60. The van der Waals surface area contributed by atoms with Gasteiger partial charge >= 0.3 is 0 Å². The molecule has 0 aromatic carbocycles. The van der Waals surface area contributed by atoms with E-state index >= 15 is 0 Å². The maximum absolute atomic E-state index is 11.2. The Morgan fingerprint density at radius 1 is 1.67 bits per heavy atom. The van der Waals surface area contributed by atoms with Crippen molar-refractivity contribution in [3.8, 4) is 0 Å². The summed E-state index contributed by atoms with van der Waals surface area (Å²) in [5, 5.41) is 2.68. The van der Waals surface area contributed by atoms with Crippen LogP contribution in [0, 0.1) is 6.92 Å². The molecule has 0 unspecified atom stereocenters. The van der Waals surface area contributed by atoms with Crippen LogP contribution in [0.1, 0.15) is 24.4 Å². The first-order valence-corrected chi connectivity index (χ1v) is 3.95. The number of rotatable bonds is 2. The van der Waals surface area contributed by atoms with Crippen molar-refractivity contribution in [2.75, 3.05) is 6.54 Å². The molecule has 0 saturated carbocycles. The van der Waals surface area contributed by atoms with Gasteiger partial charge in [-0.3, -0.25) is 9.78 Å². The fourth-order valence-electron chi connectivity index (χ4n) is 0.853. The zero-order valence-electron chi connectivity index (χ0n) is 7.29. The number of carbonyl (C=O) groups is 1. The first-order chi connectivity index (χ1) is 5.74. The first-order valence-electron chi connectivity index (χ1n) is 3.95. The molecule has 1 aromatic heterocycles. The number of aromatic nitrogens is 1. The molecule has 1 aromatic rings. The molecule has 1 amide bonds. The lowest BCUT2D eigenvalue weighted by Gasteiger charge is -2.00. The Morgan fingerprint density at radius 2 is 2.42 bits per heavy atom. The van der Waals surface area contributed by atoms with Gasteiger partial charge in [-0.25, -0.2) is 0 Å². The fraction of sp³-hybridized carbons (Fsp3) is 0.333. The molecule has 0 saturated heterocycles. The predicted molar refractivity (Wildman–Crippen MR) is 49.1 cm³/mol. The third-order valence-electron chi connectivity index (χ3n) is 1.48. The number of hydrogen-bond acceptors (Lipinski definition) is 2. The molecule has 12 heavy (non-hydrogen) atoms. The van der Waals surface area contributed by atoms with Gasteiger partial charge < -0.3 is 5.32 Å². The topological polar surface area (TPSA) is 42.0 Å². The molecular weight excluding hydrogens is 152 g/mol. The van der Waals surface area contributed by atoms with Crippen LogP contribution in [0.15, 0.2) is 18.3 Å². The lowest BCUT2D eigenvalue weighted by molar-refractivity contribution is 0.0951. The molecular formula is C9H14N2O.